The van der Waals surface area contributed by atoms with E-state index >= 15 is 0 Å². The summed E-state index contributed by atoms with van der Waals surface area (Å²) in [7, 11) is 1.62. The standard InChI is InChI=1S/C10H9NO.HI/c1-12-10-7-6-8-4-2-3-5-9(8)11-10;/h2-7H,1H3;1H. The number of hydrogen-bond acceptors (Lipinski definition) is 2. The van der Waals surface area contributed by atoms with Gasteiger partial charge in [-0.05, 0) is 12.1 Å². The summed E-state index contributed by atoms with van der Waals surface area (Å²) in [6.45, 7) is 0. The highest BCUT2D eigenvalue weighted by molar-refractivity contribution is 14.0. The molecule has 0 radical (unpaired) electrons. The highest BCUT2D eigenvalue weighted by Gasteiger charge is 1.94. The first-order chi connectivity index (χ1) is 5.90. The van der Waals surface area contributed by atoms with Gasteiger partial charge in [-0.2, -0.15) is 0 Å². The van der Waals surface area contributed by atoms with Crippen molar-refractivity contribution in [3.05, 3.63) is 36.4 Å². The number of pyridine rings is 1. The van der Waals surface area contributed by atoms with Gasteiger partial charge in [0.15, 0.2) is 0 Å². The van der Waals surface area contributed by atoms with Gasteiger partial charge in [0.2, 0.25) is 5.88 Å². The number of fused-ring (bicyclic) bond motifs is 1. The summed E-state index contributed by atoms with van der Waals surface area (Å²) >= 11 is 0. The molecule has 68 valence electrons. The number of benzene rings is 1. The summed E-state index contributed by atoms with van der Waals surface area (Å²) in [6.07, 6.45) is 0. The van der Waals surface area contributed by atoms with E-state index in [2.05, 4.69) is 4.98 Å². The second-order valence-corrected chi connectivity index (χ2v) is 2.55. The highest BCUT2D eigenvalue weighted by atomic mass is 127. The molecule has 0 aliphatic heterocycles. The molecule has 0 N–H and O–H groups in total. The fourth-order valence-electron chi connectivity index (χ4n) is 1.16. The summed E-state index contributed by atoms with van der Waals surface area (Å²) in [5.74, 6) is 0.661. The van der Waals surface area contributed by atoms with E-state index in [1.54, 1.807) is 7.11 Å². The largest absolute Gasteiger partial charge is 0.481 e. The first kappa shape index (κ1) is 10.2. The van der Waals surface area contributed by atoms with Crippen LogP contribution in [0.3, 0.4) is 0 Å². The highest BCUT2D eigenvalue weighted by Crippen LogP contribution is 2.15. The number of nitrogens with zero attached hydrogens (tertiary/aromatic N) is 1. The first-order valence-electron chi connectivity index (χ1n) is 3.80. The topological polar surface area (TPSA) is 22.1 Å². The maximum absolute atomic E-state index is 5.01. The molecule has 0 spiro atoms. The third-order valence-corrected chi connectivity index (χ3v) is 1.78. The van der Waals surface area contributed by atoms with E-state index in [4.69, 9.17) is 4.74 Å². The molecule has 0 fully saturated rings. The van der Waals surface area contributed by atoms with Crippen molar-refractivity contribution < 1.29 is 4.74 Å². The van der Waals surface area contributed by atoms with Gasteiger partial charge < -0.3 is 4.74 Å². The number of rotatable bonds is 1. The third-order valence-electron chi connectivity index (χ3n) is 1.78. The molecule has 0 aliphatic rings. The van der Waals surface area contributed by atoms with Crippen molar-refractivity contribution in [2.45, 2.75) is 0 Å². The lowest BCUT2D eigenvalue weighted by molar-refractivity contribution is 0.399. The molecule has 0 unspecified atom stereocenters. The van der Waals surface area contributed by atoms with Crippen LogP contribution in [0.1, 0.15) is 0 Å². The van der Waals surface area contributed by atoms with Crippen LogP contribution in [0.5, 0.6) is 5.88 Å². The van der Waals surface area contributed by atoms with Crippen LogP contribution < -0.4 is 4.74 Å². The monoisotopic (exact) mass is 287 g/mol. The zero-order valence-electron chi connectivity index (χ0n) is 7.23. The second kappa shape index (κ2) is 4.41. The van der Waals surface area contributed by atoms with Gasteiger partial charge in [-0.3, -0.25) is 0 Å². The minimum Gasteiger partial charge on any atom is -0.481 e. The van der Waals surface area contributed by atoms with E-state index in [-0.39, 0.29) is 24.0 Å². The van der Waals surface area contributed by atoms with Gasteiger partial charge >= 0.3 is 0 Å². The molecule has 2 rings (SSSR count). The molecule has 0 atom stereocenters. The van der Waals surface area contributed by atoms with Gasteiger partial charge in [-0.25, -0.2) is 4.98 Å². The Kier molecular flexibility index (Phi) is 3.48. The van der Waals surface area contributed by atoms with Gasteiger partial charge in [-0.15, -0.1) is 24.0 Å². The maximum atomic E-state index is 5.01. The molecule has 2 aromatic rings. The van der Waals surface area contributed by atoms with Crippen molar-refractivity contribution in [1.82, 2.24) is 4.98 Å². The van der Waals surface area contributed by atoms with Gasteiger partial charge in [0.05, 0.1) is 12.6 Å². The van der Waals surface area contributed by atoms with E-state index in [9.17, 15) is 0 Å². The van der Waals surface area contributed by atoms with Crippen molar-refractivity contribution in [2.75, 3.05) is 7.11 Å². The Morgan fingerprint density at radius 2 is 1.85 bits per heavy atom. The first-order valence-corrected chi connectivity index (χ1v) is 3.80. The number of para-hydroxylation sites is 1. The Bertz CT molecular complexity index is 403. The molecule has 1 heterocycles. The Labute approximate surface area is 94.0 Å². The van der Waals surface area contributed by atoms with E-state index in [1.165, 1.54) is 0 Å². The fourth-order valence-corrected chi connectivity index (χ4v) is 1.16. The third kappa shape index (κ3) is 2.09. The Morgan fingerprint density at radius 1 is 1.08 bits per heavy atom. The predicted octanol–water partition coefficient (Wildman–Crippen LogP) is 2.86. The lowest BCUT2D eigenvalue weighted by Gasteiger charge is -1.99. The average Bonchev–Trinajstić information content (AvgIpc) is 2.17. The van der Waals surface area contributed by atoms with Crippen molar-refractivity contribution in [3.8, 4) is 5.88 Å². The summed E-state index contributed by atoms with van der Waals surface area (Å²) in [5, 5.41) is 1.14. The van der Waals surface area contributed by atoms with Crippen LogP contribution in [-0.2, 0) is 0 Å². The van der Waals surface area contributed by atoms with Gasteiger partial charge in [0.1, 0.15) is 0 Å². The molecule has 1 aromatic heterocycles. The van der Waals surface area contributed by atoms with E-state index < -0.39 is 0 Å². The van der Waals surface area contributed by atoms with Crippen LogP contribution in [0, 0.1) is 0 Å². The SMILES string of the molecule is COc1ccc2ccccc2n1.I. The number of halogens is 1. The number of aromatic nitrogens is 1. The minimum atomic E-state index is 0. The Hall–Kier alpha value is -0.840. The van der Waals surface area contributed by atoms with Gasteiger partial charge in [-0.1, -0.05) is 18.2 Å². The zero-order valence-corrected chi connectivity index (χ0v) is 9.56. The van der Waals surface area contributed by atoms with Gasteiger partial charge in [0.25, 0.3) is 0 Å². The fraction of sp³-hybridized carbons (Fsp3) is 0.100. The molecule has 2 nitrogen and oxygen atoms in total. The molecule has 0 saturated carbocycles. The summed E-state index contributed by atoms with van der Waals surface area (Å²) in [6, 6.07) is 11.8. The summed E-state index contributed by atoms with van der Waals surface area (Å²) in [4.78, 5) is 4.27. The molecule has 0 saturated heterocycles. The van der Waals surface area contributed by atoms with Crippen LogP contribution in [0.15, 0.2) is 36.4 Å². The van der Waals surface area contributed by atoms with E-state index in [0.717, 1.165) is 10.9 Å². The molecular formula is C10H10INO. The molecule has 13 heavy (non-hydrogen) atoms. The van der Waals surface area contributed by atoms with Crippen LogP contribution in [0.25, 0.3) is 10.9 Å². The lowest BCUT2D eigenvalue weighted by atomic mass is 10.2. The molecule has 1 aromatic carbocycles. The quantitative estimate of drug-likeness (QED) is 0.752. The molecule has 0 amide bonds. The smallest absolute Gasteiger partial charge is 0.213 e. The van der Waals surface area contributed by atoms with Crippen LogP contribution in [0.4, 0.5) is 0 Å². The zero-order chi connectivity index (χ0) is 8.39. The molecular weight excluding hydrogens is 277 g/mol. The number of hydrogen-bond donors (Lipinski definition) is 0. The summed E-state index contributed by atoms with van der Waals surface area (Å²) < 4.78 is 5.01. The van der Waals surface area contributed by atoms with E-state index in [1.807, 2.05) is 36.4 Å². The lowest BCUT2D eigenvalue weighted by Crippen LogP contribution is -1.86. The molecule has 0 aliphatic carbocycles. The van der Waals surface area contributed by atoms with Crippen molar-refractivity contribution in [1.29, 1.82) is 0 Å². The maximum Gasteiger partial charge on any atom is 0.213 e. The van der Waals surface area contributed by atoms with Crippen LogP contribution in [0.2, 0.25) is 0 Å². The van der Waals surface area contributed by atoms with Gasteiger partial charge in [0, 0.05) is 11.5 Å². The minimum absolute atomic E-state index is 0. The predicted molar refractivity (Wildman–Crippen MR) is 63.7 cm³/mol. The van der Waals surface area contributed by atoms with Crippen molar-refractivity contribution in [3.63, 3.8) is 0 Å². The average molecular weight is 287 g/mol. The molecule has 3 heteroatoms. The Balaban J connectivity index is 0.000000845. The summed E-state index contributed by atoms with van der Waals surface area (Å²) in [5.41, 5.74) is 0.969. The Morgan fingerprint density at radius 3 is 2.62 bits per heavy atom. The normalized spacial score (nSPS) is 9.31. The van der Waals surface area contributed by atoms with E-state index in [0.29, 0.717) is 5.88 Å². The molecule has 0 bridgehead atoms. The number of methoxy groups -OCH3 is 1. The van der Waals surface area contributed by atoms with Crippen LogP contribution in [-0.4, -0.2) is 12.1 Å². The van der Waals surface area contributed by atoms with Crippen molar-refractivity contribution in [2.24, 2.45) is 0 Å². The van der Waals surface area contributed by atoms with Crippen molar-refractivity contribution >= 4 is 34.9 Å². The number of ether oxygens (including phenoxy) is 1. The second-order valence-electron chi connectivity index (χ2n) is 2.55. The van der Waals surface area contributed by atoms with Crippen LogP contribution >= 0.6 is 24.0 Å².